The Kier molecular flexibility index (Phi) is 3.21. The zero-order valence-corrected chi connectivity index (χ0v) is 8.96. The van der Waals surface area contributed by atoms with Gasteiger partial charge in [-0.1, -0.05) is 0 Å². The molecule has 0 saturated carbocycles. The van der Waals surface area contributed by atoms with Crippen molar-refractivity contribution in [1.82, 2.24) is 9.55 Å². The molecule has 0 spiro atoms. The number of hydrogen-bond acceptors (Lipinski definition) is 5. The van der Waals surface area contributed by atoms with Gasteiger partial charge >= 0.3 is 5.69 Å². The van der Waals surface area contributed by atoms with Gasteiger partial charge in [-0.2, -0.15) is 0 Å². The van der Waals surface area contributed by atoms with Gasteiger partial charge in [0, 0.05) is 6.20 Å². The summed E-state index contributed by atoms with van der Waals surface area (Å²) in [6.45, 7) is -0.116. The Labute approximate surface area is 95.7 Å². The van der Waals surface area contributed by atoms with Crippen LogP contribution < -0.4 is 11.2 Å². The molecule has 1 aromatic rings. The first kappa shape index (κ1) is 11.7. The molecule has 2 atom stereocenters. The highest BCUT2D eigenvalue weighted by atomic mass is 16.5. The fourth-order valence-corrected chi connectivity index (χ4v) is 1.82. The fraction of sp³-hybridized carbons (Fsp3) is 0.500. The molecule has 1 fully saturated rings. The third-order valence-electron chi connectivity index (χ3n) is 2.72. The number of H-pyrrole nitrogens is 1. The topological polar surface area (TPSA) is 101 Å². The second-order valence-corrected chi connectivity index (χ2v) is 3.84. The Morgan fingerprint density at radius 2 is 2.29 bits per heavy atom. The van der Waals surface area contributed by atoms with Gasteiger partial charge in [-0.05, 0) is 12.8 Å². The zero-order chi connectivity index (χ0) is 12.4. The van der Waals surface area contributed by atoms with Gasteiger partial charge in [-0.15, -0.1) is 0 Å². The van der Waals surface area contributed by atoms with Gasteiger partial charge in [0.25, 0.3) is 5.56 Å². The average molecular weight is 240 g/mol. The Bertz CT molecular complexity index is 532. The van der Waals surface area contributed by atoms with E-state index >= 15 is 0 Å². The van der Waals surface area contributed by atoms with E-state index in [-0.39, 0.29) is 18.3 Å². The first-order valence-corrected chi connectivity index (χ1v) is 5.22. The number of aromatic amines is 1. The van der Waals surface area contributed by atoms with Crippen LogP contribution in [-0.2, 0) is 4.74 Å². The molecule has 2 heterocycles. The average Bonchev–Trinajstić information content (AvgIpc) is 2.78. The van der Waals surface area contributed by atoms with Crippen molar-refractivity contribution in [3.63, 3.8) is 0 Å². The molecule has 1 unspecified atom stereocenters. The van der Waals surface area contributed by atoms with E-state index in [1.807, 2.05) is 4.98 Å². The van der Waals surface area contributed by atoms with Gasteiger partial charge in [0.1, 0.15) is 6.23 Å². The lowest BCUT2D eigenvalue weighted by Gasteiger charge is -2.14. The Hall–Kier alpha value is -1.73. The summed E-state index contributed by atoms with van der Waals surface area (Å²) < 4.78 is 6.56. The largest absolute Gasteiger partial charge is 0.394 e. The van der Waals surface area contributed by atoms with Gasteiger partial charge in [-0.25, -0.2) is 4.79 Å². The lowest BCUT2D eigenvalue weighted by molar-refractivity contribution is -0.0246. The highest BCUT2D eigenvalue weighted by Gasteiger charge is 2.27. The minimum atomic E-state index is -0.710. The Balaban J connectivity index is 2.36. The Morgan fingerprint density at radius 1 is 1.53 bits per heavy atom. The molecule has 0 bridgehead atoms. The first-order valence-electron chi connectivity index (χ1n) is 5.22. The van der Waals surface area contributed by atoms with Crippen LogP contribution >= 0.6 is 0 Å². The maximum Gasteiger partial charge on any atom is 0.330 e. The number of rotatable bonds is 3. The number of aldehydes is 1. The molecule has 7 heteroatoms. The summed E-state index contributed by atoms with van der Waals surface area (Å²) >= 11 is 0. The smallest absolute Gasteiger partial charge is 0.330 e. The van der Waals surface area contributed by atoms with Crippen molar-refractivity contribution in [2.45, 2.75) is 25.2 Å². The summed E-state index contributed by atoms with van der Waals surface area (Å²) in [6, 6.07) is 0. The standard InChI is InChI=1S/C10H12N2O5/c13-4-6-3-12(10(16)11-9(6)15)8-2-1-7(5-14)17-8/h3-4,7-8,14H,1-2,5H2,(H,11,15,16)/t7-,8?/m0/s1. The van der Waals surface area contributed by atoms with Crippen molar-refractivity contribution in [3.05, 3.63) is 32.6 Å². The van der Waals surface area contributed by atoms with E-state index in [1.54, 1.807) is 0 Å². The second-order valence-electron chi connectivity index (χ2n) is 3.84. The monoisotopic (exact) mass is 240 g/mol. The van der Waals surface area contributed by atoms with Crippen molar-refractivity contribution < 1.29 is 14.6 Å². The predicted octanol–water partition coefficient (Wildman–Crippen LogP) is -0.981. The van der Waals surface area contributed by atoms with E-state index in [0.717, 1.165) is 0 Å². The van der Waals surface area contributed by atoms with Gasteiger partial charge in [-0.3, -0.25) is 19.1 Å². The molecule has 1 aromatic heterocycles. The highest BCUT2D eigenvalue weighted by Crippen LogP contribution is 2.26. The second kappa shape index (κ2) is 4.64. The minimum absolute atomic E-state index is 0.116. The SMILES string of the molecule is O=Cc1cn(C2CC[C@@H](CO)O2)c(=O)[nH]c1=O. The molecular formula is C10H12N2O5. The van der Waals surface area contributed by atoms with Crippen LogP contribution in [-0.4, -0.2) is 33.7 Å². The van der Waals surface area contributed by atoms with Gasteiger partial charge in [0.05, 0.1) is 18.3 Å². The van der Waals surface area contributed by atoms with Crippen LogP contribution in [0, 0.1) is 0 Å². The van der Waals surface area contributed by atoms with Crippen LogP contribution in [0.4, 0.5) is 0 Å². The van der Waals surface area contributed by atoms with Crippen LogP contribution in [0.25, 0.3) is 0 Å². The minimum Gasteiger partial charge on any atom is -0.394 e. The molecule has 17 heavy (non-hydrogen) atoms. The van der Waals surface area contributed by atoms with E-state index in [0.29, 0.717) is 19.1 Å². The third-order valence-corrected chi connectivity index (χ3v) is 2.72. The van der Waals surface area contributed by atoms with Gasteiger partial charge in [0.2, 0.25) is 0 Å². The summed E-state index contributed by atoms with van der Waals surface area (Å²) in [6.07, 6.45) is 1.89. The molecule has 1 aliphatic heterocycles. The lowest BCUT2D eigenvalue weighted by atomic mass is 10.2. The van der Waals surface area contributed by atoms with Gasteiger partial charge in [0.15, 0.2) is 6.29 Å². The van der Waals surface area contributed by atoms with E-state index in [4.69, 9.17) is 9.84 Å². The molecular weight excluding hydrogens is 228 g/mol. The summed E-state index contributed by atoms with van der Waals surface area (Å²) in [4.78, 5) is 35.4. The molecule has 2 N–H and O–H groups in total. The number of aromatic nitrogens is 2. The molecule has 7 nitrogen and oxygen atoms in total. The molecule has 0 aromatic carbocycles. The molecule has 0 radical (unpaired) electrons. The van der Waals surface area contributed by atoms with Crippen LogP contribution in [0.15, 0.2) is 15.8 Å². The quantitative estimate of drug-likeness (QED) is 0.661. The summed E-state index contributed by atoms with van der Waals surface area (Å²) in [5, 5.41) is 8.92. The fourth-order valence-electron chi connectivity index (χ4n) is 1.82. The number of carbonyl (C=O) groups is 1. The maximum atomic E-state index is 11.5. The number of nitrogens with zero attached hydrogens (tertiary/aromatic N) is 1. The van der Waals surface area contributed by atoms with Crippen LogP contribution in [0.2, 0.25) is 0 Å². The van der Waals surface area contributed by atoms with E-state index in [9.17, 15) is 14.4 Å². The predicted molar refractivity (Wildman–Crippen MR) is 56.9 cm³/mol. The zero-order valence-electron chi connectivity index (χ0n) is 8.96. The first-order chi connectivity index (χ1) is 8.15. The summed E-state index contributed by atoms with van der Waals surface area (Å²) in [5.74, 6) is 0. The van der Waals surface area contributed by atoms with Crippen molar-refractivity contribution in [1.29, 1.82) is 0 Å². The van der Waals surface area contributed by atoms with Crippen molar-refractivity contribution in [2.24, 2.45) is 0 Å². The van der Waals surface area contributed by atoms with E-state index in [2.05, 4.69) is 0 Å². The van der Waals surface area contributed by atoms with Crippen molar-refractivity contribution >= 4 is 6.29 Å². The Morgan fingerprint density at radius 3 is 2.88 bits per heavy atom. The lowest BCUT2D eigenvalue weighted by Crippen LogP contribution is -2.34. The van der Waals surface area contributed by atoms with Crippen LogP contribution in [0.3, 0.4) is 0 Å². The van der Waals surface area contributed by atoms with E-state index in [1.165, 1.54) is 10.8 Å². The number of carbonyl (C=O) groups excluding carboxylic acids is 1. The number of aliphatic hydroxyl groups is 1. The number of aliphatic hydroxyl groups excluding tert-OH is 1. The molecule has 1 aliphatic rings. The van der Waals surface area contributed by atoms with Crippen LogP contribution in [0.1, 0.15) is 29.4 Å². The number of hydrogen-bond donors (Lipinski definition) is 2. The molecule has 0 aliphatic carbocycles. The third kappa shape index (κ3) is 2.20. The summed E-state index contributed by atoms with van der Waals surface area (Å²) in [7, 11) is 0. The number of ether oxygens (including phenoxy) is 1. The number of nitrogens with one attached hydrogen (secondary N) is 1. The molecule has 2 rings (SSSR count). The van der Waals surface area contributed by atoms with Crippen LogP contribution in [0.5, 0.6) is 0 Å². The van der Waals surface area contributed by atoms with E-state index < -0.39 is 17.5 Å². The molecule has 1 saturated heterocycles. The van der Waals surface area contributed by atoms with Crippen molar-refractivity contribution in [3.8, 4) is 0 Å². The molecule has 0 amide bonds. The summed E-state index contributed by atoms with van der Waals surface area (Å²) in [5.41, 5.74) is -1.46. The normalized spacial score (nSPS) is 23.8. The molecule has 92 valence electrons. The van der Waals surface area contributed by atoms with Crippen molar-refractivity contribution in [2.75, 3.05) is 6.61 Å². The maximum absolute atomic E-state index is 11.5. The van der Waals surface area contributed by atoms with Gasteiger partial charge < -0.3 is 9.84 Å². The highest BCUT2D eigenvalue weighted by molar-refractivity contribution is 5.73.